The molecule has 2 aliphatic rings. The molecule has 2 heteroatoms. The zero-order valence-corrected chi connectivity index (χ0v) is 9.17. The Morgan fingerprint density at radius 3 is 2.86 bits per heavy atom. The first kappa shape index (κ1) is 10.4. The van der Waals surface area contributed by atoms with E-state index in [1.807, 2.05) is 0 Å². The summed E-state index contributed by atoms with van der Waals surface area (Å²) in [6, 6.07) is 0. The zero-order valence-electron chi connectivity index (χ0n) is 9.17. The molecule has 1 aliphatic heterocycles. The summed E-state index contributed by atoms with van der Waals surface area (Å²) < 4.78 is 5.66. The molecule has 1 saturated carbocycles. The minimum Gasteiger partial charge on any atom is -0.390 e. The van der Waals surface area contributed by atoms with Crippen LogP contribution in [0, 0.1) is 5.92 Å². The van der Waals surface area contributed by atoms with Crippen molar-refractivity contribution in [1.29, 1.82) is 0 Å². The van der Waals surface area contributed by atoms with Gasteiger partial charge in [0.05, 0.1) is 11.7 Å². The van der Waals surface area contributed by atoms with Gasteiger partial charge in [-0.2, -0.15) is 0 Å². The van der Waals surface area contributed by atoms with E-state index in [9.17, 15) is 5.11 Å². The van der Waals surface area contributed by atoms with Crippen LogP contribution >= 0.6 is 0 Å². The van der Waals surface area contributed by atoms with E-state index in [-0.39, 0.29) is 5.60 Å². The lowest BCUT2D eigenvalue weighted by Crippen LogP contribution is -2.22. The third-order valence-electron chi connectivity index (χ3n) is 3.87. The van der Waals surface area contributed by atoms with Crippen molar-refractivity contribution in [3.63, 3.8) is 0 Å². The molecule has 0 spiro atoms. The summed E-state index contributed by atoms with van der Waals surface area (Å²) in [6.07, 6.45) is 8.33. The summed E-state index contributed by atoms with van der Waals surface area (Å²) >= 11 is 0. The largest absolute Gasteiger partial charge is 0.390 e. The minimum atomic E-state index is -0.310. The van der Waals surface area contributed by atoms with Crippen LogP contribution in [0.25, 0.3) is 0 Å². The number of hydrogen-bond acceptors (Lipinski definition) is 2. The standard InChI is InChI=1S/C12H22O2/c1-2-10-9-12(10,13)7-6-11-5-3-4-8-14-11/h10-11,13H,2-9H2,1H3. The Hall–Kier alpha value is -0.0800. The molecule has 0 bridgehead atoms. The summed E-state index contributed by atoms with van der Waals surface area (Å²) in [7, 11) is 0. The SMILES string of the molecule is CCC1CC1(O)CCC1CCCCO1. The molecule has 2 rings (SSSR count). The maximum Gasteiger partial charge on any atom is 0.0681 e. The maximum atomic E-state index is 10.1. The first-order chi connectivity index (χ1) is 6.74. The highest BCUT2D eigenvalue weighted by atomic mass is 16.5. The van der Waals surface area contributed by atoms with Gasteiger partial charge in [0.15, 0.2) is 0 Å². The number of rotatable bonds is 4. The van der Waals surface area contributed by atoms with Gasteiger partial charge in [0.25, 0.3) is 0 Å². The molecule has 1 heterocycles. The smallest absolute Gasteiger partial charge is 0.0681 e. The second-order valence-corrected chi connectivity index (χ2v) is 4.94. The highest BCUT2D eigenvalue weighted by Gasteiger charge is 2.50. The van der Waals surface area contributed by atoms with Crippen LogP contribution in [-0.2, 0) is 4.74 Å². The second kappa shape index (κ2) is 4.19. The molecule has 0 amide bonds. The van der Waals surface area contributed by atoms with Gasteiger partial charge in [-0.1, -0.05) is 13.3 Å². The van der Waals surface area contributed by atoms with E-state index in [2.05, 4.69) is 6.92 Å². The molecule has 3 atom stereocenters. The van der Waals surface area contributed by atoms with Gasteiger partial charge >= 0.3 is 0 Å². The Balaban J connectivity index is 1.67. The molecule has 1 saturated heterocycles. The number of hydrogen-bond donors (Lipinski definition) is 1. The van der Waals surface area contributed by atoms with E-state index in [1.54, 1.807) is 0 Å². The second-order valence-electron chi connectivity index (χ2n) is 4.94. The average molecular weight is 198 g/mol. The van der Waals surface area contributed by atoms with Crippen molar-refractivity contribution in [1.82, 2.24) is 0 Å². The Labute approximate surface area is 86.6 Å². The molecule has 0 aromatic heterocycles. The highest BCUT2D eigenvalue weighted by Crippen LogP contribution is 2.49. The van der Waals surface area contributed by atoms with Gasteiger partial charge in [0.1, 0.15) is 0 Å². The average Bonchev–Trinajstić information content (AvgIpc) is 2.89. The molecule has 2 nitrogen and oxygen atoms in total. The Morgan fingerprint density at radius 2 is 2.29 bits per heavy atom. The zero-order chi connectivity index (χ0) is 10.0. The number of ether oxygens (including phenoxy) is 1. The van der Waals surface area contributed by atoms with E-state index in [1.165, 1.54) is 19.3 Å². The van der Waals surface area contributed by atoms with Crippen LogP contribution in [0.3, 0.4) is 0 Å². The summed E-state index contributed by atoms with van der Waals surface area (Å²) in [5, 5.41) is 10.1. The minimum absolute atomic E-state index is 0.310. The van der Waals surface area contributed by atoms with Gasteiger partial charge in [-0.3, -0.25) is 0 Å². The first-order valence-corrected chi connectivity index (χ1v) is 6.08. The molecule has 14 heavy (non-hydrogen) atoms. The lowest BCUT2D eigenvalue weighted by Gasteiger charge is -2.23. The lowest BCUT2D eigenvalue weighted by molar-refractivity contribution is -0.00206. The van der Waals surface area contributed by atoms with Crippen LogP contribution in [-0.4, -0.2) is 23.4 Å². The molecule has 1 N–H and O–H groups in total. The van der Waals surface area contributed by atoms with Crippen molar-refractivity contribution in [2.24, 2.45) is 5.92 Å². The predicted molar refractivity (Wildman–Crippen MR) is 56.2 cm³/mol. The van der Waals surface area contributed by atoms with E-state index >= 15 is 0 Å². The van der Waals surface area contributed by atoms with Gasteiger partial charge in [-0.25, -0.2) is 0 Å². The summed E-state index contributed by atoms with van der Waals surface area (Å²) in [5.41, 5.74) is -0.310. The van der Waals surface area contributed by atoms with Crippen LogP contribution in [0.4, 0.5) is 0 Å². The van der Waals surface area contributed by atoms with Gasteiger partial charge in [-0.15, -0.1) is 0 Å². The molecule has 0 aromatic carbocycles. The summed E-state index contributed by atoms with van der Waals surface area (Å²) in [4.78, 5) is 0. The van der Waals surface area contributed by atoms with Gasteiger partial charge in [0, 0.05) is 6.61 Å². The molecular formula is C12H22O2. The van der Waals surface area contributed by atoms with Crippen molar-refractivity contribution in [2.45, 2.75) is 63.6 Å². The third kappa shape index (κ3) is 2.29. The van der Waals surface area contributed by atoms with Gasteiger partial charge < -0.3 is 9.84 Å². The molecule has 1 aliphatic carbocycles. The van der Waals surface area contributed by atoms with Crippen LogP contribution in [0.1, 0.15) is 51.9 Å². The van der Waals surface area contributed by atoms with E-state index in [0.717, 1.165) is 32.3 Å². The van der Waals surface area contributed by atoms with Crippen molar-refractivity contribution in [2.75, 3.05) is 6.61 Å². The Kier molecular flexibility index (Phi) is 3.13. The monoisotopic (exact) mass is 198 g/mol. The molecule has 82 valence electrons. The quantitative estimate of drug-likeness (QED) is 0.752. The normalized spacial score (nSPS) is 42.4. The van der Waals surface area contributed by atoms with Crippen LogP contribution in [0.2, 0.25) is 0 Å². The van der Waals surface area contributed by atoms with Crippen molar-refractivity contribution < 1.29 is 9.84 Å². The van der Waals surface area contributed by atoms with Crippen molar-refractivity contribution >= 4 is 0 Å². The van der Waals surface area contributed by atoms with E-state index in [4.69, 9.17) is 4.74 Å². The summed E-state index contributed by atoms with van der Waals surface area (Å²) in [6.45, 7) is 3.10. The van der Waals surface area contributed by atoms with Crippen LogP contribution in [0.5, 0.6) is 0 Å². The maximum absolute atomic E-state index is 10.1. The molecule has 2 fully saturated rings. The molecule has 0 radical (unpaired) electrons. The molecule has 3 unspecified atom stereocenters. The molecule has 0 aromatic rings. The third-order valence-corrected chi connectivity index (χ3v) is 3.87. The van der Waals surface area contributed by atoms with Crippen LogP contribution in [0.15, 0.2) is 0 Å². The van der Waals surface area contributed by atoms with E-state index in [0.29, 0.717) is 12.0 Å². The van der Waals surface area contributed by atoms with E-state index < -0.39 is 0 Å². The Bertz CT molecular complexity index is 187. The Morgan fingerprint density at radius 1 is 1.43 bits per heavy atom. The first-order valence-electron chi connectivity index (χ1n) is 6.08. The lowest BCUT2D eigenvalue weighted by atomic mass is 10.0. The highest BCUT2D eigenvalue weighted by molar-refractivity contribution is 5.02. The van der Waals surface area contributed by atoms with Crippen LogP contribution < -0.4 is 0 Å². The van der Waals surface area contributed by atoms with Gasteiger partial charge in [0.2, 0.25) is 0 Å². The van der Waals surface area contributed by atoms with Gasteiger partial charge in [-0.05, 0) is 44.4 Å². The number of aliphatic hydroxyl groups is 1. The molecular weight excluding hydrogens is 176 g/mol. The predicted octanol–water partition coefficient (Wildman–Crippen LogP) is 2.50. The fraction of sp³-hybridized carbons (Fsp3) is 1.00. The fourth-order valence-corrected chi connectivity index (χ4v) is 2.64. The fourth-order valence-electron chi connectivity index (χ4n) is 2.64. The van der Waals surface area contributed by atoms with Crippen molar-refractivity contribution in [3.05, 3.63) is 0 Å². The summed E-state index contributed by atoms with van der Waals surface area (Å²) in [5.74, 6) is 0.575. The van der Waals surface area contributed by atoms with Crippen molar-refractivity contribution in [3.8, 4) is 0 Å². The topological polar surface area (TPSA) is 29.5 Å².